The zero-order chi connectivity index (χ0) is 18.1. The maximum Gasteiger partial charge on any atom is 0.350 e. The van der Waals surface area contributed by atoms with Crippen LogP contribution in [0.25, 0.3) is 28.2 Å². The van der Waals surface area contributed by atoms with Crippen LogP contribution in [-0.4, -0.2) is 20.7 Å². The lowest BCUT2D eigenvalue weighted by molar-refractivity contribution is -0.131. The molecule has 128 valence electrons. The summed E-state index contributed by atoms with van der Waals surface area (Å²) in [5, 5.41) is 4.51. The molecule has 0 fully saturated rings. The van der Waals surface area contributed by atoms with Crippen molar-refractivity contribution in [2.24, 2.45) is 0 Å². The Hall–Kier alpha value is -3.74. The third-order valence-corrected chi connectivity index (χ3v) is 3.73. The minimum Gasteiger partial charge on any atom is -0.426 e. The van der Waals surface area contributed by atoms with Gasteiger partial charge in [-0.1, -0.05) is 30.3 Å². The molecule has 0 aliphatic rings. The summed E-state index contributed by atoms with van der Waals surface area (Å²) in [6.45, 7) is 1.30. The molecule has 0 radical (unpaired) electrons. The summed E-state index contributed by atoms with van der Waals surface area (Å²) in [6.07, 6.45) is 1.42. The SMILES string of the molecule is CC(=O)Oc1ccccc1-c1nc2c(cnn2-c2ccccc2)c(=O)o1. The van der Waals surface area contributed by atoms with E-state index >= 15 is 0 Å². The Balaban J connectivity index is 1.94. The van der Waals surface area contributed by atoms with Gasteiger partial charge in [-0.25, -0.2) is 9.48 Å². The molecule has 0 bridgehead atoms. The number of esters is 1. The van der Waals surface area contributed by atoms with Crippen molar-refractivity contribution in [2.45, 2.75) is 6.92 Å². The number of para-hydroxylation sites is 2. The number of hydrogen-bond acceptors (Lipinski definition) is 6. The first kappa shape index (κ1) is 15.8. The van der Waals surface area contributed by atoms with Crippen LogP contribution in [0.5, 0.6) is 5.75 Å². The fourth-order valence-electron chi connectivity index (χ4n) is 2.62. The number of aromatic nitrogens is 3. The Morgan fingerprint density at radius 3 is 2.58 bits per heavy atom. The van der Waals surface area contributed by atoms with E-state index in [2.05, 4.69) is 10.1 Å². The van der Waals surface area contributed by atoms with E-state index in [-0.39, 0.29) is 17.0 Å². The number of hydrogen-bond donors (Lipinski definition) is 0. The van der Waals surface area contributed by atoms with Crippen LogP contribution in [0.1, 0.15) is 6.92 Å². The molecule has 0 unspecified atom stereocenters. The summed E-state index contributed by atoms with van der Waals surface area (Å²) < 4.78 is 12.1. The molecule has 4 aromatic rings. The van der Waals surface area contributed by atoms with E-state index in [1.54, 1.807) is 28.9 Å². The summed E-state index contributed by atoms with van der Waals surface area (Å²) in [5.41, 5.74) is 0.965. The van der Waals surface area contributed by atoms with Crippen LogP contribution in [0.2, 0.25) is 0 Å². The van der Waals surface area contributed by atoms with E-state index in [1.807, 2.05) is 30.3 Å². The van der Waals surface area contributed by atoms with Gasteiger partial charge in [0.1, 0.15) is 11.1 Å². The Kier molecular flexibility index (Phi) is 3.81. The lowest BCUT2D eigenvalue weighted by Gasteiger charge is -2.07. The monoisotopic (exact) mass is 347 g/mol. The first-order valence-electron chi connectivity index (χ1n) is 7.85. The van der Waals surface area contributed by atoms with Gasteiger partial charge in [-0.3, -0.25) is 4.79 Å². The van der Waals surface area contributed by atoms with Crippen molar-refractivity contribution in [1.82, 2.24) is 14.8 Å². The van der Waals surface area contributed by atoms with Gasteiger partial charge in [0.05, 0.1) is 17.4 Å². The average molecular weight is 347 g/mol. The molecule has 0 N–H and O–H groups in total. The third kappa shape index (κ3) is 2.75. The number of benzene rings is 2. The highest BCUT2D eigenvalue weighted by atomic mass is 16.5. The number of rotatable bonds is 3. The number of carbonyl (C=O) groups excluding carboxylic acids is 1. The lowest BCUT2D eigenvalue weighted by Crippen LogP contribution is -2.06. The molecule has 2 aromatic carbocycles. The zero-order valence-corrected chi connectivity index (χ0v) is 13.7. The zero-order valence-electron chi connectivity index (χ0n) is 13.7. The Bertz CT molecular complexity index is 1160. The second-order valence-electron chi connectivity index (χ2n) is 5.53. The number of ether oxygens (including phenoxy) is 1. The predicted molar refractivity (Wildman–Crippen MR) is 94.1 cm³/mol. The summed E-state index contributed by atoms with van der Waals surface area (Å²) in [4.78, 5) is 28.2. The fraction of sp³-hybridized carbons (Fsp3) is 0.0526. The van der Waals surface area contributed by atoms with Crippen molar-refractivity contribution in [1.29, 1.82) is 0 Å². The predicted octanol–water partition coefficient (Wildman–Crippen LogP) is 2.97. The summed E-state index contributed by atoms with van der Waals surface area (Å²) in [7, 11) is 0. The molecule has 0 aliphatic heterocycles. The molecule has 7 heteroatoms. The average Bonchev–Trinajstić information content (AvgIpc) is 3.07. The lowest BCUT2D eigenvalue weighted by atomic mass is 10.2. The van der Waals surface area contributed by atoms with Gasteiger partial charge in [0, 0.05) is 6.92 Å². The van der Waals surface area contributed by atoms with E-state index < -0.39 is 11.6 Å². The normalized spacial score (nSPS) is 10.8. The van der Waals surface area contributed by atoms with Crippen molar-refractivity contribution in [3.63, 3.8) is 0 Å². The molecule has 0 amide bonds. The summed E-state index contributed by atoms with van der Waals surface area (Å²) in [6, 6.07) is 16.1. The van der Waals surface area contributed by atoms with Crippen LogP contribution in [0.4, 0.5) is 0 Å². The molecule has 4 rings (SSSR count). The maximum atomic E-state index is 12.4. The van der Waals surface area contributed by atoms with Crippen LogP contribution in [0, 0.1) is 0 Å². The van der Waals surface area contributed by atoms with Gasteiger partial charge < -0.3 is 9.15 Å². The fourth-order valence-corrected chi connectivity index (χ4v) is 2.62. The van der Waals surface area contributed by atoms with Crippen LogP contribution < -0.4 is 10.4 Å². The molecular formula is C19H13N3O4. The Morgan fingerprint density at radius 1 is 1.08 bits per heavy atom. The van der Waals surface area contributed by atoms with E-state index in [0.717, 1.165) is 5.69 Å². The summed E-state index contributed by atoms with van der Waals surface area (Å²) >= 11 is 0. The van der Waals surface area contributed by atoms with Crippen molar-refractivity contribution >= 4 is 17.0 Å². The van der Waals surface area contributed by atoms with Gasteiger partial charge in [-0.2, -0.15) is 10.1 Å². The highest BCUT2D eigenvalue weighted by molar-refractivity contribution is 5.78. The van der Waals surface area contributed by atoms with Crippen LogP contribution in [-0.2, 0) is 4.79 Å². The second kappa shape index (κ2) is 6.29. The van der Waals surface area contributed by atoms with E-state index in [4.69, 9.17) is 9.15 Å². The van der Waals surface area contributed by atoms with Gasteiger partial charge in [0.2, 0.25) is 5.89 Å². The largest absolute Gasteiger partial charge is 0.426 e. The molecule has 0 saturated heterocycles. The molecule has 0 atom stereocenters. The number of nitrogens with zero attached hydrogens (tertiary/aromatic N) is 3. The second-order valence-corrected chi connectivity index (χ2v) is 5.53. The third-order valence-electron chi connectivity index (χ3n) is 3.73. The van der Waals surface area contributed by atoms with Crippen molar-refractivity contribution in [3.8, 4) is 22.9 Å². The van der Waals surface area contributed by atoms with Crippen molar-refractivity contribution in [2.75, 3.05) is 0 Å². The highest BCUT2D eigenvalue weighted by Crippen LogP contribution is 2.29. The molecule has 0 aliphatic carbocycles. The van der Waals surface area contributed by atoms with Crippen molar-refractivity contribution in [3.05, 3.63) is 71.2 Å². The first-order chi connectivity index (χ1) is 12.6. The number of fused-ring (bicyclic) bond motifs is 1. The Morgan fingerprint density at radius 2 is 1.81 bits per heavy atom. The van der Waals surface area contributed by atoms with E-state index in [1.165, 1.54) is 13.1 Å². The van der Waals surface area contributed by atoms with E-state index in [9.17, 15) is 9.59 Å². The number of carbonyl (C=O) groups is 1. The first-order valence-corrected chi connectivity index (χ1v) is 7.85. The van der Waals surface area contributed by atoms with Crippen LogP contribution >= 0.6 is 0 Å². The standard InChI is InChI=1S/C19H13N3O4/c1-12(23)25-16-10-6-5-9-14(16)18-21-17-15(19(24)26-18)11-20-22(17)13-7-3-2-4-8-13/h2-11H,1H3. The topological polar surface area (TPSA) is 87.2 Å². The van der Waals surface area contributed by atoms with Gasteiger partial charge >= 0.3 is 11.6 Å². The van der Waals surface area contributed by atoms with Gasteiger partial charge in [-0.15, -0.1) is 0 Å². The van der Waals surface area contributed by atoms with Gasteiger partial charge in [0.15, 0.2) is 5.65 Å². The summed E-state index contributed by atoms with van der Waals surface area (Å²) in [5.74, 6) is -0.159. The molecule has 0 saturated carbocycles. The minimum absolute atomic E-state index is 0.0528. The molecule has 2 aromatic heterocycles. The van der Waals surface area contributed by atoms with E-state index in [0.29, 0.717) is 11.2 Å². The Labute approximate surface area is 147 Å². The molecule has 7 nitrogen and oxygen atoms in total. The van der Waals surface area contributed by atoms with Crippen LogP contribution in [0.15, 0.2) is 70.0 Å². The maximum absolute atomic E-state index is 12.4. The molecule has 0 spiro atoms. The smallest absolute Gasteiger partial charge is 0.350 e. The minimum atomic E-state index is -0.565. The molecule has 26 heavy (non-hydrogen) atoms. The van der Waals surface area contributed by atoms with Crippen molar-refractivity contribution < 1.29 is 13.9 Å². The van der Waals surface area contributed by atoms with Gasteiger partial charge in [0.25, 0.3) is 0 Å². The highest BCUT2D eigenvalue weighted by Gasteiger charge is 2.17. The van der Waals surface area contributed by atoms with Gasteiger partial charge in [-0.05, 0) is 24.3 Å². The molecular weight excluding hydrogens is 334 g/mol. The quantitative estimate of drug-likeness (QED) is 0.418. The van der Waals surface area contributed by atoms with Crippen LogP contribution in [0.3, 0.4) is 0 Å². The molecule has 2 heterocycles.